The summed E-state index contributed by atoms with van der Waals surface area (Å²) >= 11 is 0. The lowest BCUT2D eigenvalue weighted by atomic mass is 10.2. The van der Waals surface area contributed by atoms with E-state index in [0.717, 1.165) is 18.7 Å². The first kappa shape index (κ1) is 19.2. The van der Waals surface area contributed by atoms with Crippen molar-refractivity contribution < 1.29 is 9.53 Å². The molecule has 0 bridgehead atoms. The molecule has 2 heterocycles. The molecule has 8 heteroatoms. The fourth-order valence-electron chi connectivity index (χ4n) is 2.02. The van der Waals surface area contributed by atoms with Crippen molar-refractivity contribution in [2.75, 3.05) is 26.7 Å². The summed E-state index contributed by atoms with van der Waals surface area (Å²) in [5.41, 5.74) is 1.04. The van der Waals surface area contributed by atoms with Crippen LogP contribution in [0.2, 0.25) is 0 Å². The maximum absolute atomic E-state index is 12.0. The molecule has 20 heavy (non-hydrogen) atoms. The number of rotatable bonds is 4. The van der Waals surface area contributed by atoms with Crippen molar-refractivity contribution in [2.45, 2.75) is 19.1 Å². The van der Waals surface area contributed by atoms with E-state index < -0.39 is 0 Å². The Hall–Kier alpha value is -0.820. The predicted octanol–water partition coefficient (Wildman–Crippen LogP) is 0.601. The van der Waals surface area contributed by atoms with Gasteiger partial charge in [-0.1, -0.05) is 0 Å². The molecule has 1 atom stereocenters. The molecule has 2 rings (SSSR count). The third kappa shape index (κ3) is 5.66. The van der Waals surface area contributed by atoms with Gasteiger partial charge >= 0.3 is 0 Å². The lowest BCUT2D eigenvalue weighted by molar-refractivity contribution is -0.133. The number of nitrogens with one attached hydrogen (secondary N) is 1. The summed E-state index contributed by atoms with van der Waals surface area (Å²) in [6.07, 6.45) is 4.14. The van der Waals surface area contributed by atoms with E-state index in [4.69, 9.17) is 4.74 Å². The average Bonchev–Trinajstić information content (AvgIpc) is 2.76. The van der Waals surface area contributed by atoms with Crippen LogP contribution in [0.4, 0.5) is 0 Å². The minimum Gasteiger partial charge on any atom is -0.375 e. The second-order valence-electron chi connectivity index (χ2n) is 4.67. The number of morpholine rings is 1. The van der Waals surface area contributed by atoms with Gasteiger partial charge in [0.2, 0.25) is 5.91 Å². The summed E-state index contributed by atoms with van der Waals surface area (Å²) in [5.74, 6) is 0.104. The number of halogens is 2. The van der Waals surface area contributed by atoms with Gasteiger partial charge in [-0.2, -0.15) is 5.10 Å². The molecule has 1 aromatic heterocycles. The molecule has 0 aliphatic carbocycles. The maximum Gasteiger partial charge on any atom is 0.225 e. The van der Waals surface area contributed by atoms with Crippen molar-refractivity contribution in [3.8, 4) is 0 Å². The highest BCUT2D eigenvalue weighted by Crippen LogP contribution is 2.07. The zero-order chi connectivity index (χ0) is 13.0. The fraction of sp³-hybridized carbons (Fsp3) is 0.667. The van der Waals surface area contributed by atoms with Gasteiger partial charge in [-0.3, -0.25) is 9.48 Å². The smallest absolute Gasteiger partial charge is 0.225 e. The third-order valence-electron chi connectivity index (χ3n) is 3.01. The Morgan fingerprint density at radius 1 is 1.60 bits per heavy atom. The molecule has 0 saturated carbocycles. The van der Waals surface area contributed by atoms with Gasteiger partial charge in [-0.15, -0.1) is 24.8 Å². The monoisotopic (exact) mass is 324 g/mol. The Kier molecular flexibility index (Phi) is 8.80. The standard InChI is InChI=1S/C12H20N4O2.2ClH/c1-15(8-10-6-14-16(2)9-10)12(17)5-11-7-13-3-4-18-11;;/h6,9,11,13H,3-5,7-8H2,1-2H3;2*1H. The Morgan fingerprint density at radius 2 is 2.35 bits per heavy atom. The number of aromatic nitrogens is 2. The van der Waals surface area contributed by atoms with E-state index in [0.29, 0.717) is 19.6 Å². The molecule has 0 radical (unpaired) electrons. The van der Waals surface area contributed by atoms with Gasteiger partial charge in [0, 0.05) is 45.5 Å². The number of ether oxygens (including phenoxy) is 1. The zero-order valence-corrected chi connectivity index (χ0v) is 13.4. The highest BCUT2D eigenvalue weighted by molar-refractivity contribution is 5.85. The maximum atomic E-state index is 12.0. The second-order valence-corrected chi connectivity index (χ2v) is 4.67. The van der Waals surface area contributed by atoms with Crippen LogP contribution in [0.5, 0.6) is 0 Å². The van der Waals surface area contributed by atoms with E-state index in [1.165, 1.54) is 0 Å². The van der Waals surface area contributed by atoms with Gasteiger partial charge in [0.1, 0.15) is 0 Å². The number of nitrogens with zero attached hydrogens (tertiary/aromatic N) is 3. The summed E-state index contributed by atoms with van der Waals surface area (Å²) in [4.78, 5) is 13.7. The van der Waals surface area contributed by atoms with Crippen LogP contribution in [0.25, 0.3) is 0 Å². The van der Waals surface area contributed by atoms with Crippen LogP contribution < -0.4 is 5.32 Å². The number of carbonyl (C=O) groups is 1. The fourth-order valence-corrected chi connectivity index (χ4v) is 2.02. The lowest BCUT2D eigenvalue weighted by Crippen LogP contribution is -2.41. The summed E-state index contributed by atoms with van der Waals surface area (Å²) < 4.78 is 7.26. The Bertz CT molecular complexity index is 408. The van der Waals surface area contributed by atoms with Crippen molar-refractivity contribution in [2.24, 2.45) is 7.05 Å². The summed E-state index contributed by atoms with van der Waals surface area (Å²) in [7, 11) is 3.68. The van der Waals surface area contributed by atoms with Crippen molar-refractivity contribution in [3.63, 3.8) is 0 Å². The molecule has 1 unspecified atom stereocenters. The molecule has 1 N–H and O–H groups in total. The van der Waals surface area contributed by atoms with Crippen LogP contribution >= 0.6 is 24.8 Å². The molecular weight excluding hydrogens is 303 g/mol. The van der Waals surface area contributed by atoms with E-state index in [2.05, 4.69) is 10.4 Å². The SMILES string of the molecule is CN(Cc1cnn(C)c1)C(=O)CC1CNCCO1.Cl.Cl. The van der Waals surface area contributed by atoms with Crippen LogP contribution in [0.1, 0.15) is 12.0 Å². The van der Waals surface area contributed by atoms with E-state index in [-0.39, 0.29) is 36.8 Å². The number of hydrogen-bond acceptors (Lipinski definition) is 4. The van der Waals surface area contributed by atoms with Crippen molar-refractivity contribution >= 4 is 30.7 Å². The molecule has 1 fully saturated rings. The number of aryl methyl sites for hydroxylation is 1. The summed E-state index contributed by atoms with van der Waals surface area (Å²) in [6.45, 7) is 2.90. The van der Waals surface area contributed by atoms with E-state index in [1.807, 2.05) is 20.3 Å². The first-order valence-electron chi connectivity index (χ1n) is 6.19. The molecule has 1 aromatic rings. The van der Waals surface area contributed by atoms with Gasteiger partial charge in [-0.25, -0.2) is 0 Å². The van der Waals surface area contributed by atoms with E-state index >= 15 is 0 Å². The minimum absolute atomic E-state index is 0. The second kappa shape index (κ2) is 9.18. The first-order valence-corrected chi connectivity index (χ1v) is 6.19. The highest BCUT2D eigenvalue weighted by Gasteiger charge is 2.19. The van der Waals surface area contributed by atoms with Crippen molar-refractivity contribution in [3.05, 3.63) is 18.0 Å². The van der Waals surface area contributed by atoms with Gasteiger partial charge in [0.15, 0.2) is 0 Å². The minimum atomic E-state index is 0. The van der Waals surface area contributed by atoms with E-state index in [9.17, 15) is 4.79 Å². The predicted molar refractivity (Wildman–Crippen MR) is 81.4 cm³/mol. The summed E-state index contributed by atoms with van der Waals surface area (Å²) in [6, 6.07) is 0. The van der Waals surface area contributed by atoms with Gasteiger partial charge in [-0.05, 0) is 0 Å². The molecule has 0 spiro atoms. The molecule has 6 nitrogen and oxygen atoms in total. The van der Waals surface area contributed by atoms with Gasteiger partial charge < -0.3 is 15.0 Å². The average molecular weight is 325 g/mol. The Balaban J connectivity index is 0.00000180. The quantitative estimate of drug-likeness (QED) is 0.881. The molecule has 1 aliphatic rings. The molecule has 1 saturated heterocycles. The van der Waals surface area contributed by atoms with Gasteiger partial charge in [0.05, 0.1) is 25.3 Å². The normalized spacial score (nSPS) is 17.8. The Morgan fingerprint density at radius 3 is 2.90 bits per heavy atom. The number of hydrogen-bond donors (Lipinski definition) is 1. The molecule has 1 aliphatic heterocycles. The van der Waals surface area contributed by atoms with Crippen molar-refractivity contribution in [1.82, 2.24) is 20.0 Å². The number of amides is 1. The molecular formula is C12H22Cl2N4O2. The summed E-state index contributed by atoms with van der Waals surface area (Å²) in [5, 5.41) is 7.31. The van der Waals surface area contributed by atoms with Gasteiger partial charge in [0.25, 0.3) is 0 Å². The Labute approximate surface area is 131 Å². The largest absolute Gasteiger partial charge is 0.375 e. The molecule has 0 aromatic carbocycles. The van der Waals surface area contributed by atoms with Crippen LogP contribution in [0, 0.1) is 0 Å². The molecule has 116 valence electrons. The van der Waals surface area contributed by atoms with Crippen LogP contribution in [0.3, 0.4) is 0 Å². The third-order valence-corrected chi connectivity index (χ3v) is 3.01. The van der Waals surface area contributed by atoms with Crippen LogP contribution in [-0.2, 0) is 23.1 Å². The van der Waals surface area contributed by atoms with E-state index in [1.54, 1.807) is 15.8 Å². The first-order chi connectivity index (χ1) is 8.65. The van der Waals surface area contributed by atoms with Crippen LogP contribution in [-0.4, -0.2) is 53.4 Å². The highest BCUT2D eigenvalue weighted by atomic mass is 35.5. The zero-order valence-electron chi connectivity index (χ0n) is 11.7. The topological polar surface area (TPSA) is 59.4 Å². The number of carbonyl (C=O) groups excluding carboxylic acids is 1. The molecule has 1 amide bonds. The van der Waals surface area contributed by atoms with Crippen LogP contribution in [0.15, 0.2) is 12.4 Å². The van der Waals surface area contributed by atoms with Crippen molar-refractivity contribution in [1.29, 1.82) is 0 Å². The lowest BCUT2D eigenvalue weighted by Gasteiger charge is -2.25.